The first-order valence-corrected chi connectivity index (χ1v) is 7.78. The quantitative estimate of drug-likeness (QED) is 0.841. The van der Waals surface area contributed by atoms with Gasteiger partial charge in [0, 0.05) is 17.5 Å². The number of hydrogen-bond donors (Lipinski definition) is 1. The number of aryl methyl sites for hydroxylation is 1. The van der Waals surface area contributed by atoms with E-state index in [1.165, 1.54) is 12.1 Å². The Morgan fingerprint density at radius 3 is 2.50 bits per heavy atom. The largest absolute Gasteiger partial charge is 0.351 e. The second kappa shape index (κ2) is 7.40. The van der Waals surface area contributed by atoms with Crippen molar-refractivity contribution in [2.24, 2.45) is 0 Å². The van der Waals surface area contributed by atoms with Gasteiger partial charge in [-0.25, -0.2) is 8.78 Å². The Kier molecular flexibility index (Phi) is 5.55. The summed E-state index contributed by atoms with van der Waals surface area (Å²) in [7, 11) is 0. The van der Waals surface area contributed by atoms with Gasteiger partial charge in [-0.2, -0.15) is 0 Å². The fourth-order valence-electron chi connectivity index (χ4n) is 1.85. The predicted octanol–water partition coefficient (Wildman–Crippen LogP) is 4.07. The molecule has 0 aliphatic heterocycles. The Morgan fingerprint density at radius 2 is 1.86 bits per heavy atom. The molecule has 1 atom stereocenters. The van der Waals surface area contributed by atoms with E-state index in [2.05, 4.69) is 5.32 Å². The highest BCUT2D eigenvalue weighted by atomic mass is 32.2. The number of benzene rings is 2. The molecule has 2 aromatic carbocycles. The number of amides is 1. The minimum atomic E-state index is -0.650. The van der Waals surface area contributed by atoms with E-state index >= 15 is 0 Å². The van der Waals surface area contributed by atoms with E-state index in [1.54, 1.807) is 6.92 Å². The maximum Gasteiger partial charge on any atom is 0.233 e. The topological polar surface area (TPSA) is 29.1 Å². The van der Waals surface area contributed by atoms with Gasteiger partial charge in [-0.1, -0.05) is 29.8 Å². The van der Waals surface area contributed by atoms with Crippen LogP contribution in [0.5, 0.6) is 0 Å². The summed E-state index contributed by atoms with van der Waals surface area (Å²) in [5, 5.41) is 2.35. The second-order valence-electron chi connectivity index (χ2n) is 5.04. The molecule has 0 fully saturated rings. The highest BCUT2D eigenvalue weighted by Gasteiger charge is 2.16. The molecule has 0 aliphatic carbocycles. The van der Waals surface area contributed by atoms with Gasteiger partial charge < -0.3 is 5.32 Å². The SMILES string of the molecule is Cc1ccc(CNC(=O)[C@H](C)Sc2ccc(F)cc2F)cc1. The van der Waals surface area contributed by atoms with Gasteiger partial charge in [-0.3, -0.25) is 4.79 Å². The molecule has 0 aromatic heterocycles. The Morgan fingerprint density at radius 1 is 1.18 bits per heavy atom. The standard InChI is InChI=1S/C17H17F2NOS/c1-11-3-5-13(6-4-11)10-20-17(21)12(2)22-16-8-7-14(18)9-15(16)19/h3-9,12H,10H2,1-2H3,(H,20,21)/t12-/m0/s1. The molecule has 2 aromatic rings. The summed E-state index contributed by atoms with van der Waals surface area (Å²) in [6.45, 7) is 4.12. The molecule has 0 spiro atoms. The molecule has 0 saturated heterocycles. The van der Waals surface area contributed by atoms with Crippen molar-refractivity contribution in [3.8, 4) is 0 Å². The monoisotopic (exact) mass is 321 g/mol. The molecule has 0 saturated carbocycles. The lowest BCUT2D eigenvalue weighted by molar-refractivity contribution is -0.120. The molecule has 0 radical (unpaired) electrons. The lowest BCUT2D eigenvalue weighted by Gasteiger charge is -2.12. The predicted molar refractivity (Wildman–Crippen MR) is 84.7 cm³/mol. The van der Waals surface area contributed by atoms with Crippen molar-refractivity contribution in [1.29, 1.82) is 0 Å². The number of carbonyl (C=O) groups excluding carboxylic acids is 1. The van der Waals surface area contributed by atoms with Gasteiger partial charge in [0.05, 0.1) is 5.25 Å². The van der Waals surface area contributed by atoms with Crippen LogP contribution in [0.2, 0.25) is 0 Å². The molecule has 0 heterocycles. The van der Waals surface area contributed by atoms with Crippen molar-refractivity contribution in [1.82, 2.24) is 5.32 Å². The number of thioether (sulfide) groups is 1. The summed E-state index contributed by atoms with van der Waals surface area (Å²) >= 11 is 1.07. The Hall–Kier alpha value is -1.88. The summed E-state index contributed by atoms with van der Waals surface area (Å²) < 4.78 is 26.4. The minimum Gasteiger partial charge on any atom is -0.351 e. The van der Waals surface area contributed by atoms with Crippen LogP contribution in [0.25, 0.3) is 0 Å². The van der Waals surface area contributed by atoms with Crippen molar-refractivity contribution in [2.75, 3.05) is 0 Å². The molecule has 0 aliphatic rings. The number of carbonyl (C=O) groups is 1. The van der Waals surface area contributed by atoms with Crippen LogP contribution in [-0.4, -0.2) is 11.2 Å². The molecule has 1 N–H and O–H groups in total. The third-order valence-electron chi connectivity index (χ3n) is 3.15. The van der Waals surface area contributed by atoms with Crippen molar-refractivity contribution >= 4 is 17.7 Å². The van der Waals surface area contributed by atoms with Gasteiger partial charge in [0.2, 0.25) is 5.91 Å². The first-order valence-electron chi connectivity index (χ1n) is 6.90. The minimum absolute atomic E-state index is 0.186. The zero-order chi connectivity index (χ0) is 16.1. The number of halogens is 2. The van der Waals surface area contributed by atoms with Crippen LogP contribution in [0.3, 0.4) is 0 Å². The number of rotatable bonds is 5. The van der Waals surface area contributed by atoms with Crippen molar-refractivity contribution in [3.05, 3.63) is 65.2 Å². The molecular formula is C17H17F2NOS. The van der Waals surface area contributed by atoms with Crippen LogP contribution in [0, 0.1) is 18.6 Å². The molecule has 116 valence electrons. The average molecular weight is 321 g/mol. The summed E-state index contributed by atoms with van der Waals surface area (Å²) in [6, 6.07) is 11.2. The molecule has 2 nitrogen and oxygen atoms in total. The van der Waals surface area contributed by atoms with Crippen molar-refractivity contribution in [2.45, 2.75) is 30.5 Å². The van der Waals surface area contributed by atoms with Crippen LogP contribution in [0.4, 0.5) is 8.78 Å². The van der Waals surface area contributed by atoms with E-state index in [-0.39, 0.29) is 10.8 Å². The average Bonchev–Trinajstić information content (AvgIpc) is 2.49. The van der Waals surface area contributed by atoms with Crippen LogP contribution in [0.1, 0.15) is 18.1 Å². The van der Waals surface area contributed by atoms with Gasteiger partial charge in [-0.05, 0) is 31.5 Å². The molecule has 0 unspecified atom stereocenters. The van der Waals surface area contributed by atoms with E-state index < -0.39 is 16.9 Å². The van der Waals surface area contributed by atoms with Gasteiger partial charge >= 0.3 is 0 Å². The Balaban J connectivity index is 1.90. The van der Waals surface area contributed by atoms with Crippen LogP contribution >= 0.6 is 11.8 Å². The second-order valence-corrected chi connectivity index (χ2v) is 6.42. The fourth-order valence-corrected chi connectivity index (χ4v) is 2.74. The maximum atomic E-state index is 13.6. The van der Waals surface area contributed by atoms with E-state index in [4.69, 9.17) is 0 Å². The summed E-state index contributed by atoms with van der Waals surface area (Å²) in [5.74, 6) is -1.46. The van der Waals surface area contributed by atoms with Crippen molar-refractivity contribution in [3.63, 3.8) is 0 Å². The van der Waals surface area contributed by atoms with Crippen molar-refractivity contribution < 1.29 is 13.6 Å². The van der Waals surface area contributed by atoms with Crippen LogP contribution in [0.15, 0.2) is 47.4 Å². The number of nitrogens with one attached hydrogen (secondary N) is 1. The maximum absolute atomic E-state index is 13.6. The molecule has 1 amide bonds. The summed E-state index contributed by atoms with van der Waals surface area (Å²) in [5.41, 5.74) is 2.16. The zero-order valence-electron chi connectivity index (χ0n) is 12.4. The van der Waals surface area contributed by atoms with E-state index in [0.717, 1.165) is 29.0 Å². The third-order valence-corrected chi connectivity index (χ3v) is 4.31. The van der Waals surface area contributed by atoms with Gasteiger partial charge in [0.15, 0.2) is 0 Å². The first-order chi connectivity index (χ1) is 10.5. The Bertz CT molecular complexity index is 658. The Labute approximate surface area is 132 Å². The fraction of sp³-hybridized carbons (Fsp3) is 0.235. The summed E-state index contributed by atoms with van der Waals surface area (Å²) in [6.07, 6.45) is 0. The molecular weight excluding hydrogens is 304 g/mol. The van der Waals surface area contributed by atoms with Crippen LogP contribution < -0.4 is 5.32 Å². The highest BCUT2D eigenvalue weighted by Crippen LogP contribution is 2.26. The van der Waals surface area contributed by atoms with E-state index in [0.29, 0.717) is 6.54 Å². The van der Waals surface area contributed by atoms with E-state index in [1.807, 2.05) is 31.2 Å². The lowest BCUT2D eigenvalue weighted by atomic mass is 10.1. The van der Waals surface area contributed by atoms with Gasteiger partial charge in [0.1, 0.15) is 11.6 Å². The van der Waals surface area contributed by atoms with Crippen LogP contribution in [-0.2, 0) is 11.3 Å². The first kappa shape index (κ1) is 16.5. The molecule has 5 heteroatoms. The molecule has 0 bridgehead atoms. The van der Waals surface area contributed by atoms with E-state index in [9.17, 15) is 13.6 Å². The van der Waals surface area contributed by atoms with Gasteiger partial charge in [-0.15, -0.1) is 11.8 Å². The molecule has 2 rings (SSSR count). The highest BCUT2D eigenvalue weighted by molar-refractivity contribution is 8.00. The lowest BCUT2D eigenvalue weighted by Crippen LogP contribution is -2.30. The summed E-state index contributed by atoms with van der Waals surface area (Å²) in [4.78, 5) is 12.3. The normalized spacial score (nSPS) is 12.0. The molecule has 22 heavy (non-hydrogen) atoms. The number of hydrogen-bond acceptors (Lipinski definition) is 2. The zero-order valence-corrected chi connectivity index (χ0v) is 13.2. The smallest absolute Gasteiger partial charge is 0.233 e. The van der Waals surface area contributed by atoms with Gasteiger partial charge in [0.25, 0.3) is 0 Å². The third kappa shape index (κ3) is 4.56.